The molecule has 6 aromatic carbocycles. The second-order valence-electron chi connectivity index (χ2n) is 37.1. The van der Waals surface area contributed by atoms with Crippen molar-refractivity contribution < 1.29 is 71.3 Å². The molecule has 6 aromatic rings. The van der Waals surface area contributed by atoms with Gasteiger partial charge in [0.2, 0.25) is 7.85 Å². The molecule has 3 heterocycles. The molecule has 11 nitrogen and oxygen atoms in total. The molecule has 663 valence electrons. The van der Waals surface area contributed by atoms with Crippen molar-refractivity contribution in [3.63, 3.8) is 0 Å². The van der Waals surface area contributed by atoms with E-state index in [1.54, 1.807) is 0 Å². The first kappa shape index (κ1) is 102. The van der Waals surface area contributed by atoms with E-state index in [4.69, 9.17) is 22.2 Å². The zero-order valence-corrected chi connectivity index (χ0v) is 79.8. The number of aromatic hydroxyl groups is 7. The molecule has 0 amide bonds. The van der Waals surface area contributed by atoms with Gasteiger partial charge in [-0.1, -0.05) is 200 Å². The summed E-state index contributed by atoms with van der Waals surface area (Å²) in [6.07, 6.45) is 40.1. The Kier molecular flexibility index (Phi) is 41.8. The van der Waals surface area contributed by atoms with Crippen LogP contribution in [0, 0.1) is 48.6 Å². The minimum absolute atomic E-state index is 0. The van der Waals surface area contributed by atoms with Crippen molar-refractivity contribution in [3.8, 4) is 74.6 Å². The Morgan fingerprint density at radius 1 is 0.488 bits per heavy atom. The first-order valence-electron chi connectivity index (χ1n) is 47.0. The Bertz CT molecular complexity index is 4490. The van der Waals surface area contributed by atoms with E-state index in [1.165, 1.54) is 122 Å². The Labute approximate surface area is 762 Å². The Morgan fingerprint density at radius 3 is 1.21 bits per heavy atom. The molecule has 8 atom stereocenters. The molecule has 0 fully saturated rings. The van der Waals surface area contributed by atoms with Gasteiger partial charge in [-0.25, -0.2) is 6.63 Å². The van der Waals surface area contributed by atoms with Gasteiger partial charge in [0.1, 0.15) is 74.3 Å². The van der Waals surface area contributed by atoms with E-state index in [2.05, 4.69) is 208 Å². The molecular formula is C108H151B3NO10V-. The van der Waals surface area contributed by atoms with E-state index >= 15 is 0 Å². The predicted octanol–water partition coefficient (Wildman–Crippen LogP) is 28.7. The molecule has 0 bridgehead atoms. The molecule has 15 heteroatoms. The van der Waals surface area contributed by atoms with Gasteiger partial charge < -0.3 is 56.8 Å². The van der Waals surface area contributed by atoms with Crippen LogP contribution in [0.3, 0.4) is 0 Å². The average molecular weight is 1710 g/mol. The molecule has 4 aliphatic carbocycles. The van der Waals surface area contributed by atoms with Crippen LogP contribution in [0.15, 0.2) is 150 Å². The number of hydrogen-bond acceptors (Lipinski definition) is 11. The number of rotatable bonds is 24. The molecule has 7 N–H and O–H groups in total. The van der Waals surface area contributed by atoms with Gasteiger partial charge in [0.15, 0.2) is 0 Å². The van der Waals surface area contributed by atoms with Crippen LogP contribution in [0.1, 0.15) is 353 Å². The van der Waals surface area contributed by atoms with E-state index < -0.39 is 0 Å². The molecule has 0 aromatic heterocycles. The smallest absolute Gasteiger partial charge is 0.229 e. The van der Waals surface area contributed by atoms with Gasteiger partial charge in [0, 0.05) is 83.3 Å². The number of phenols is 7. The molecule has 0 saturated carbocycles. The maximum absolute atomic E-state index is 10.7. The van der Waals surface area contributed by atoms with Gasteiger partial charge in [-0.05, 0) is 317 Å². The van der Waals surface area contributed by atoms with Crippen LogP contribution >= 0.6 is 0 Å². The third-order valence-electron chi connectivity index (χ3n) is 25.9. The third-order valence-corrected chi connectivity index (χ3v) is 25.9. The summed E-state index contributed by atoms with van der Waals surface area (Å²) in [6, 6.07) is 26.0. The van der Waals surface area contributed by atoms with E-state index in [-0.39, 0.29) is 94.7 Å². The zero-order valence-electron chi connectivity index (χ0n) is 80.4. The van der Waals surface area contributed by atoms with Crippen LogP contribution in [0.25, 0.3) is 11.1 Å². The first-order valence-corrected chi connectivity index (χ1v) is 45.7. The van der Waals surface area contributed by atoms with Gasteiger partial charge in [-0.3, -0.25) is 0 Å². The van der Waals surface area contributed by atoms with Crippen LogP contribution in [0.5, 0.6) is 57.5 Å². The van der Waals surface area contributed by atoms with Crippen molar-refractivity contribution in [2.75, 3.05) is 0 Å². The Hall–Kier alpha value is -7.97. The normalized spacial score (nSPS) is 20.4. The van der Waals surface area contributed by atoms with E-state index in [0.29, 0.717) is 46.1 Å². The summed E-state index contributed by atoms with van der Waals surface area (Å²) < 4.78 is 30.8. The van der Waals surface area contributed by atoms with E-state index in [0.717, 1.165) is 182 Å². The second-order valence-corrected chi connectivity index (χ2v) is 37.1. The fourth-order valence-electron chi connectivity index (χ4n) is 19.4. The molecule has 0 spiro atoms. The van der Waals surface area contributed by atoms with Crippen molar-refractivity contribution in [3.05, 3.63) is 218 Å². The number of benzene rings is 6. The minimum atomic E-state index is -0.384. The fraction of sp³-hybridized carbons (Fsp3) is 0.537. The SMILES string of the molecule is C=C(C)C1CCC(C)=CC1c1c(O)cc(CCCCC)cc1O.C=C(C)C1CCC(C)=CC1c1c(O)cc(CCCCC)cc1O.CCCCCc1cc(O)c2c(c1)OC(C)(C)C1CC=C(C)CC21.CCCCCc1cc(O)c2c(c1)OC(C)(C)C1CCC(C)=CC21.CCCCCc1cc(O)c2c(c1)OC(C)(C)c1ccc(C)cc1-2.[2H]C[B].[2H][CH-][B].[B]C#N.[V]. The first-order chi connectivity index (χ1) is 58.9. The third kappa shape index (κ3) is 28.8. The topological polar surface area (TPSA) is 193 Å². The standard InChI is InChI=1S/2C21H30O2.C21H26O2.2C21H30O2.CBN.CH3B.CH2B.V/c3*1-5-6-7-8-15-12-18(22)20-16-11-14(2)9-10-17(16)21(3,4)23-19(20)13-15;2*1-5-6-7-8-16-12-19(22)21(20(23)13-16)18-11-15(4)9-10-17(18)14(2)3;2-1-3;2*1-2;/h11-13,16-17,22H,5-10H2,1-4H3;9,12-13,16-17,22H,5-8,10-11H2,1-4H3;9-13,22H,5-8H2,1-4H3;2*11-13,17-18,22-23H,2,5-10H2,1,3-4H3;;1H3;1H2;/q;;;;;;;-1;/i;;;;;;2*1D;. The minimum Gasteiger partial charge on any atom is -0.508 e. The van der Waals surface area contributed by atoms with E-state index in [9.17, 15) is 35.7 Å². The Morgan fingerprint density at radius 2 is 0.821 bits per heavy atom. The number of unbranched alkanes of at least 4 members (excludes halogenated alkanes) is 10. The summed E-state index contributed by atoms with van der Waals surface area (Å²) in [7, 11) is 13.1. The van der Waals surface area contributed by atoms with Crippen LogP contribution in [-0.4, -0.2) is 70.5 Å². The summed E-state index contributed by atoms with van der Waals surface area (Å²) in [4.78, 5) is 0. The summed E-state index contributed by atoms with van der Waals surface area (Å²) in [6.45, 7) is 47.7. The largest absolute Gasteiger partial charge is 0.508 e. The molecule has 8 unspecified atom stereocenters. The van der Waals surface area contributed by atoms with Gasteiger partial charge in [0.25, 0.3) is 0 Å². The molecule has 13 rings (SSSR count). The molecule has 0 saturated heterocycles. The maximum atomic E-state index is 10.7. The molecule has 7 radical (unpaired) electrons. The summed E-state index contributed by atoms with van der Waals surface area (Å²) in [5.41, 5.74) is 20.2. The van der Waals surface area contributed by atoms with Gasteiger partial charge in [-0.2, -0.15) is 7.85 Å². The summed E-state index contributed by atoms with van der Waals surface area (Å²) in [5, 5.41) is 81.3. The average Bonchev–Trinajstić information content (AvgIpc) is 0.749. The van der Waals surface area contributed by atoms with Crippen molar-refractivity contribution in [2.45, 2.75) is 352 Å². The van der Waals surface area contributed by atoms with Crippen LogP contribution in [0.4, 0.5) is 0 Å². The van der Waals surface area contributed by atoms with Crippen LogP contribution in [-0.2, 0) is 56.3 Å². The summed E-state index contributed by atoms with van der Waals surface area (Å²) in [5.74, 6) is 8.08. The second kappa shape index (κ2) is 50.4. The van der Waals surface area contributed by atoms with Gasteiger partial charge in [0.05, 0.1) is 13.4 Å². The Balaban J connectivity index is 0.000000270. The van der Waals surface area contributed by atoms with Gasteiger partial charge >= 0.3 is 0 Å². The number of nitriles is 1. The predicted molar refractivity (Wildman–Crippen MR) is 514 cm³/mol. The van der Waals surface area contributed by atoms with E-state index in [1.807, 2.05) is 56.3 Å². The summed E-state index contributed by atoms with van der Waals surface area (Å²) >= 11 is 0. The number of allylic oxidation sites excluding steroid dienone is 10. The molecule has 3 aliphatic heterocycles. The van der Waals surface area contributed by atoms with Crippen molar-refractivity contribution in [1.29, 1.82) is 5.26 Å². The number of aryl methyl sites for hydroxylation is 6. The number of phenolic OH excluding ortho intramolecular Hbond substituents is 7. The fourth-order valence-corrected chi connectivity index (χ4v) is 19.4. The van der Waals surface area contributed by atoms with Crippen LogP contribution in [0.2, 0.25) is 6.80 Å². The van der Waals surface area contributed by atoms with Gasteiger partial charge in [-0.15, -0.1) is 0 Å². The molecular weight excluding hydrogens is 1550 g/mol. The monoisotopic (exact) mass is 1710 g/mol. The zero-order chi connectivity index (χ0) is 91.9. The van der Waals surface area contributed by atoms with Crippen molar-refractivity contribution in [2.24, 2.45) is 23.7 Å². The quantitative estimate of drug-likeness (QED) is 0.0132. The number of nitrogens with zero attached hydrogens (tertiary/aromatic N) is 1. The van der Waals surface area contributed by atoms with Crippen molar-refractivity contribution >= 4 is 23.5 Å². The number of fused-ring (bicyclic) bond motifs is 9. The van der Waals surface area contributed by atoms with Crippen LogP contribution < -0.4 is 14.2 Å². The number of ether oxygens (including phenoxy) is 3. The maximum Gasteiger partial charge on any atom is 0.229 e. The van der Waals surface area contributed by atoms with Crippen molar-refractivity contribution in [1.82, 2.24) is 0 Å². The molecule has 123 heavy (non-hydrogen) atoms. The molecule has 7 aliphatic rings. The number of hydrogen-bond donors (Lipinski definition) is 7.